The average molecular weight is 246 g/mol. The van der Waals surface area contributed by atoms with Crippen LogP contribution in [0.5, 0.6) is 5.75 Å². The molecule has 0 amide bonds. The number of carboxylic acid groups (broad SMARTS) is 1. The van der Waals surface area contributed by atoms with Crippen molar-refractivity contribution in [3.63, 3.8) is 0 Å². The first-order valence-electron chi connectivity index (χ1n) is 6.71. The van der Waals surface area contributed by atoms with Crippen LogP contribution in [-0.4, -0.2) is 16.2 Å². The van der Waals surface area contributed by atoms with Crippen molar-refractivity contribution < 1.29 is 15.0 Å². The molecule has 18 heavy (non-hydrogen) atoms. The Balaban J connectivity index is 1.95. The van der Waals surface area contributed by atoms with Crippen molar-refractivity contribution in [2.45, 2.75) is 44.4 Å². The van der Waals surface area contributed by atoms with Crippen LogP contribution < -0.4 is 0 Å². The van der Waals surface area contributed by atoms with Gasteiger partial charge in [-0.05, 0) is 60.8 Å². The number of aromatic hydroxyl groups is 1. The Morgan fingerprint density at radius 3 is 2.56 bits per heavy atom. The number of carboxylic acids is 1. The van der Waals surface area contributed by atoms with E-state index in [2.05, 4.69) is 6.07 Å². The molecule has 0 radical (unpaired) electrons. The van der Waals surface area contributed by atoms with Gasteiger partial charge in [-0.3, -0.25) is 4.79 Å². The summed E-state index contributed by atoms with van der Waals surface area (Å²) in [6, 6.07) is 3.92. The van der Waals surface area contributed by atoms with Crippen LogP contribution in [0, 0.1) is 5.92 Å². The van der Waals surface area contributed by atoms with Crippen LogP contribution in [0.15, 0.2) is 12.1 Å². The fourth-order valence-electron chi connectivity index (χ4n) is 3.14. The molecular weight excluding hydrogens is 228 g/mol. The van der Waals surface area contributed by atoms with E-state index in [0.717, 1.165) is 37.7 Å². The molecular formula is C15H18O3. The molecule has 0 saturated heterocycles. The molecule has 3 heteroatoms. The van der Waals surface area contributed by atoms with Gasteiger partial charge in [0.1, 0.15) is 5.75 Å². The molecule has 0 spiro atoms. The third kappa shape index (κ3) is 2.09. The molecule has 3 rings (SSSR count). The maximum absolute atomic E-state index is 11.0. The van der Waals surface area contributed by atoms with Crippen molar-refractivity contribution >= 4 is 5.97 Å². The zero-order valence-corrected chi connectivity index (χ0v) is 10.4. The minimum absolute atomic E-state index is 0.00611. The first kappa shape index (κ1) is 11.6. The lowest BCUT2D eigenvalue weighted by molar-refractivity contribution is -0.137. The number of rotatable bonds is 4. The van der Waals surface area contributed by atoms with Crippen LogP contribution in [0.1, 0.15) is 48.3 Å². The highest BCUT2D eigenvalue weighted by Gasteiger charge is 2.35. The standard InChI is InChI=1S/C15H18O3/c16-14-7-11-3-1-2-10(11)6-13(14)12(8-15(17)18)9-4-5-9/h6-7,9,12,16H,1-5,8H2,(H,17,18). The molecule has 2 aliphatic rings. The number of carbonyl (C=O) groups is 1. The highest BCUT2D eigenvalue weighted by molar-refractivity contribution is 5.68. The highest BCUT2D eigenvalue weighted by atomic mass is 16.4. The third-order valence-corrected chi connectivity index (χ3v) is 4.23. The summed E-state index contributed by atoms with van der Waals surface area (Å²) in [6.07, 6.45) is 5.56. The molecule has 0 aliphatic heterocycles. The second-order valence-corrected chi connectivity index (χ2v) is 5.58. The number of aryl methyl sites for hydroxylation is 2. The topological polar surface area (TPSA) is 57.5 Å². The molecule has 0 heterocycles. The molecule has 1 aromatic carbocycles. The van der Waals surface area contributed by atoms with Crippen molar-refractivity contribution in [2.75, 3.05) is 0 Å². The third-order valence-electron chi connectivity index (χ3n) is 4.23. The highest BCUT2D eigenvalue weighted by Crippen LogP contribution is 2.47. The van der Waals surface area contributed by atoms with Crippen molar-refractivity contribution in [3.05, 3.63) is 28.8 Å². The molecule has 1 unspecified atom stereocenters. The van der Waals surface area contributed by atoms with Crippen LogP contribution in [0.4, 0.5) is 0 Å². The van der Waals surface area contributed by atoms with E-state index in [1.165, 1.54) is 11.1 Å². The molecule has 3 nitrogen and oxygen atoms in total. The molecule has 2 aliphatic carbocycles. The molecule has 1 saturated carbocycles. The van der Waals surface area contributed by atoms with Gasteiger partial charge in [0.2, 0.25) is 0 Å². The van der Waals surface area contributed by atoms with Gasteiger partial charge in [-0.25, -0.2) is 0 Å². The van der Waals surface area contributed by atoms with E-state index in [-0.39, 0.29) is 12.3 Å². The zero-order chi connectivity index (χ0) is 12.7. The fourth-order valence-corrected chi connectivity index (χ4v) is 3.14. The van der Waals surface area contributed by atoms with Gasteiger partial charge in [-0.1, -0.05) is 6.07 Å². The van der Waals surface area contributed by atoms with E-state index < -0.39 is 5.97 Å². The smallest absolute Gasteiger partial charge is 0.303 e. The minimum Gasteiger partial charge on any atom is -0.508 e. The molecule has 1 fully saturated rings. The van der Waals surface area contributed by atoms with E-state index in [1.54, 1.807) is 0 Å². The van der Waals surface area contributed by atoms with E-state index in [0.29, 0.717) is 11.7 Å². The zero-order valence-electron chi connectivity index (χ0n) is 10.4. The van der Waals surface area contributed by atoms with Crippen LogP contribution >= 0.6 is 0 Å². The molecule has 0 bridgehead atoms. The number of hydrogen-bond donors (Lipinski definition) is 2. The summed E-state index contributed by atoms with van der Waals surface area (Å²) in [4.78, 5) is 11.0. The lowest BCUT2D eigenvalue weighted by atomic mass is 9.88. The molecule has 0 aromatic heterocycles. The summed E-state index contributed by atoms with van der Waals surface area (Å²) in [7, 11) is 0. The summed E-state index contributed by atoms with van der Waals surface area (Å²) >= 11 is 0. The summed E-state index contributed by atoms with van der Waals surface area (Å²) in [5.74, 6) is -0.0274. The first-order chi connectivity index (χ1) is 8.65. The lowest BCUT2D eigenvalue weighted by Crippen LogP contribution is -2.09. The average Bonchev–Trinajstić information content (AvgIpc) is 3.05. The normalized spacial score (nSPS) is 19.6. The number of benzene rings is 1. The lowest BCUT2D eigenvalue weighted by Gasteiger charge is -2.17. The Hall–Kier alpha value is -1.51. The largest absolute Gasteiger partial charge is 0.508 e. The molecule has 1 atom stereocenters. The van der Waals surface area contributed by atoms with Crippen LogP contribution in [-0.2, 0) is 17.6 Å². The van der Waals surface area contributed by atoms with Crippen LogP contribution in [0.2, 0.25) is 0 Å². The maximum Gasteiger partial charge on any atom is 0.303 e. The minimum atomic E-state index is -0.771. The van der Waals surface area contributed by atoms with Gasteiger partial charge in [0, 0.05) is 5.92 Å². The quantitative estimate of drug-likeness (QED) is 0.858. The van der Waals surface area contributed by atoms with Gasteiger partial charge < -0.3 is 10.2 Å². The summed E-state index contributed by atoms with van der Waals surface area (Å²) in [6.45, 7) is 0. The number of hydrogen-bond acceptors (Lipinski definition) is 2. The Labute approximate surface area is 106 Å². The van der Waals surface area contributed by atoms with Gasteiger partial charge in [0.15, 0.2) is 0 Å². The number of phenols is 1. The predicted octanol–water partition coefficient (Wildman–Crippen LogP) is 2.85. The first-order valence-corrected chi connectivity index (χ1v) is 6.71. The monoisotopic (exact) mass is 246 g/mol. The van der Waals surface area contributed by atoms with E-state index >= 15 is 0 Å². The molecule has 1 aromatic rings. The Bertz CT molecular complexity index is 489. The Morgan fingerprint density at radius 1 is 1.28 bits per heavy atom. The van der Waals surface area contributed by atoms with Crippen molar-refractivity contribution in [1.29, 1.82) is 0 Å². The summed E-state index contributed by atoms with van der Waals surface area (Å²) in [5, 5.41) is 19.2. The van der Waals surface area contributed by atoms with E-state index in [4.69, 9.17) is 5.11 Å². The Kier molecular flexibility index (Phi) is 2.77. The van der Waals surface area contributed by atoms with E-state index in [1.807, 2.05) is 6.07 Å². The van der Waals surface area contributed by atoms with Crippen molar-refractivity contribution in [1.82, 2.24) is 0 Å². The summed E-state index contributed by atoms with van der Waals surface area (Å²) < 4.78 is 0. The maximum atomic E-state index is 11.0. The fraction of sp³-hybridized carbons (Fsp3) is 0.533. The molecule has 2 N–H and O–H groups in total. The molecule has 96 valence electrons. The van der Waals surface area contributed by atoms with Gasteiger partial charge in [-0.15, -0.1) is 0 Å². The number of phenolic OH excluding ortho intramolecular Hbond substituents is 1. The number of aliphatic carboxylic acids is 1. The Morgan fingerprint density at radius 2 is 1.94 bits per heavy atom. The second kappa shape index (κ2) is 4.30. The van der Waals surface area contributed by atoms with Crippen LogP contribution in [0.3, 0.4) is 0 Å². The number of fused-ring (bicyclic) bond motifs is 1. The van der Waals surface area contributed by atoms with Gasteiger partial charge >= 0.3 is 5.97 Å². The predicted molar refractivity (Wildman–Crippen MR) is 67.8 cm³/mol. The van der Waals surface area contributed by atoms with Gasteiger partial charge in [0.25, 0.3) is 0 Å². The van der Waals surface area contributed by atoms with Crippen molar-refractivity contribution in [3.8, 4) is 5.75 Å². The van der Waals surface area contributed by atoms with Crippen molar-refractivity contribution in [2.24, 2.45) is 5.92 Å². The van der Waals surface area contributed by atoms with Crippen LogP contribution in [0.25, 0.3) is 0 Å². The second-order valence-electron chi connectivity index (χ2n) is 5.58. The summed E-state index contributed by atoms with van der Waals surface area (Å²) in [5.41, 5.74) is 3.40. The SMILES string of the molecule is O=C(O)CC(c1cc2c(cc1O)CCC2)C1CC1. The van der Waals surface area contributed by atoms with Gasteiger partial charge in [0.05, 0.1) is 6.42 Å². The van der Waals surface area contributed by atoms with E-state index in [9.17, 15) is 9.90 Å². The van der Waals surface area contributed by atoms with Gasteiger partial charge in [-0.2, -0.15) is 0 Å².